The topological polar surface area (TPSA) is 58.9 Å². The number of aliphatic hydroxyl groups excluding tert-OH is 1. The van der Waals surface area contributed by atoms with Gasteiger partial charge in [0.05, 0.1) is 6.61 Å². The first-order valence-electron chi connectivity index (χ1n) is 3.71. The van der Waals surface area contributed by atoms with Crippen molar-refractivity contribution in [1.82, 2.24) is 15.2 Å². The molecule has 0 amide bonds. The SMILES string of the molecule is OCc1cncc(-c2nncs2)c1. The second-order valence-corrected chi connectivity index (χ2v) is 3.32. The maximum Gasteiger partial charge on any atom is 0.149 e. The third-order valence-corrected chi connectivity index (χ3v) is 2.32. The molecule has 0 aliphatic rings. The molecule has 13 heavy (non-hydrogen) atoms. The maximum atomic E-state index is 8.89. The lowest BCUT2D eigenvalue weighted by atomic mass is 10.2. The summed E-state index contributed by atoms with van der Waals surface area (Å²) in [4.78, 5) is 3.99. The second kappa shape index (κ2) is 3.59. The zero-order chi connectivity index (χ0) is 9.10. The van der Waals surface area contributed by atoms with Crippen LogP contribution in [0, 0.1) is 0 Å². The number of hydrogen-bond donors (Lipinski definition) is 1. The molecule has 0 radical (unpaired) electrons. The summed E-state index contributed by atoms with van der Waals surface area (Å²) in [5, 5.41) is 17.4. The summed E-state index contributed by atoms with van der Waals surface area (Å²) in [5.74, 6) is 0. The van der Waals surface area contributed by atoms with Crippen LogP contribution in [0.15, 0.2) is 24.0 Å². The van der Waals surface area contributed by atoms with Crippen LogP contribution in [-0.4, -0.2) is 20.3 Å². The summed E-state index contributed by atoms with van der Waals surface area (Å²) in [5.41, 5.74) is 3.35. The van der Waals surface area contributed by atoms with Crippen molar-refractivity contribution in [3.8, 4) is 10.6 Å². The Kier molecular flexibility index (Phi) is 2.29. The second-order valence-electron chi connectivity index (χ2n) is 2.48. The van der Waals surface area contributed by atoms with Crippen LogP contribution in [0.5, 0.6) is 0 Å². The van der Waals surface area contributed by atoms with E-state index >= 15 is 0 Å². The monoisotopic (exact) mass is 193 g/mol. The number of aromatic nitrogens is 3. The van der Waals surface area contributed by atoms with Crippen LogP contribution in [0.4, 0.5) is 0 Å². The molecule has 0 aliphatic carbocycles. The van der Waals surface area contributed by atoms with E-state index < -0.39 is 0 Å². The molecule has 0 saturated heterocycles. The van der Waals surface area contributed by atoms with E-state index in [0.717, 1.165) is 16.1 Å². The Morgan fingerprint density at radius 2 is 2.31 bits per heavy atom. The molecule has 1 N–H and O–H groups in total. The Labute approximate surface area is 78.9 Å². The van der Waals surface area contributed by atoms with Crippen LogP contribution in [0.25, 0.3) is 10.6 Å². The normalized spacial score (nSPS) is 10.2. The summed E-state index contributed by atoms with van der Waals surface area (Å²) in [6.45, 7) is -0.000353. The Bertz CT molecular complexity index is 388. The van der Waals surface area contributed by atoms with Crippen molar-refractivity contribution in [3.05, 3.63) is 29.5 Å². The van der Waals surface area contributed by atoms with Crippen molar-refractivity contribution in [2.45, 2.75) is 6.61 Å². The van der Waals surface area contributed by atoms with Gasteiger partial charge in [-0.3, -0.25) is 4.98 Å². The Morgan fingerprint density at radius 1 is 1.38 bits per heavy atom. The van der Waals surface area contributed by atoms with E-state index in [2.05, 4.69) is 15.2 Å². The van der Waals surface area contributed by atoms with Gasteiger partial charge < -0.3 is 5.11 Å². The van der Waals surface area contributed by atoms with E-state index in [4.69, 9.17) is 5.11 Å². The van der Waals surface area contributed by atoms with Crippen LogP contribution in [0.1, 0.15) is 5.56 Å². The lowest BCUT2D eigenvalue weighted by molar-refractivity contribution is 0.281. The average Bonchev–Trinajstić information content (AvgIpc) is 2.71. The first kappa shape index (κ1) is 8.28. The molecule has 0 aliphatic heterocycles. The molecule has 2 rings (SSSR count). The summed E-state index contributed by atoms with van der Waals surface area (Å²) in [6.07, 6.45) is 3.34. The maximum absolute atomic E-state index is 8.89. The Morgan fingerprint density at radius 3 is 3.00 bits per heavy atom. The average molecular weight is 193 g/mol. The highest BCUT2D eigenvalue weighted by atomic mass is 32.1. The van der Waals surface area contributed by atoms with Gasteiger partial charge in [-0.25, -0.2) is 0 Å². The van der Waals surface area contributed by atoms with E-state index in [1.165, 1.54) is 11.3 Å². The van der Waals surface area contributed by atoms with E-state index in [0.29, 0.717) is 0 Å². The molecule has 0 unspecified atom stereocenters. The van der Waals surface area contributed by atoms with Crippen LogP contribution in [0.2, 0.25) is 0 Å². The smallest absolute Gasteiger partial charge is 0.149 e. The van der Waals surface area contributed by atoms with Gasteiger partial charge in [-0.15, -0.1) is 10.2 Å². The zero-order valence-electron chi connectivity index (χ0n) is 6.71. The predicted molar refractivity (Wildman–Crippen MR) is 49.1 cm³/mol. The molecule has 2 aromatic rings. The van der Waals surface area contributed by atoms with E-state index in [1.807, 2.05) is 6.07 Å². The molecule has 0 fully saturated rings. The van der Waals surface area contributed by atoms with E-state index in [1.54, 1.807) is 17.9 Å². The molecular formula is C8H7N3OS. The lowest BCUT2D eigenvalue weighted by Gasteiger charge is -1.97. The largest absolute Gasteiger partial charge is 0.392 e. The van der Waals surface area contributed by atoms with Gasteiger partial charge >= 0.3 is 0 Å². The summed E-state index contributed by atoms with van der Waals surface area (Å²) in [7, 11) is 0. The van der Waals surface area contributed by atoms with Crippen LogP contribution < -0.4 is 0 Å². The lowest BCUT2D eigenvalue weighted by Crippen LogP contribution is -1.86. The van der Waals surface area contributed by atoms with Gasteiger partial charge in [0.1, 0.15) is 10.5 Å². The van der Waals surface area contributed by atoms with Crippen LogP contribution >= 0.6 is 11.3 Å². The van der Waals surface area contributed by atoms with Crippen molar-refractivity contribution in [2.24, 2.45) is 0 Å². The van der Waals surface area contributed by atoms with Gasteiger partial charge in [0.25, 0.3) is 0 Å². The molecule has 0 bridgehead atoms. The highest BCUT2D eigenvalue weighted by molar-refractivity contribution is 7.12. The minimum Gasteiger partial charge on any atom is -0.392 e. The molecule has 0 aromatic carbocycles. The minimum atomic E-state index is -0.000353. The van der Waals surface area contributed by atoms with Crippen molar-refractivity contribution >= 4 is 11.3 Å². The number of rotatable bonds is 2. The first-order chi connectivity index (χ1) is 6.40. The number of hydrogen-bond acceptors (Lipinski definition) is 5. The first-order valence-corrected chi connectivity index (χ1v) is 4.59. The van der Waals surface area contributed by atoms with Crippen molar-refractivity contribution in [3.63, 3.8) is 0 Å². The van der Waals surface area contributed by atoms with Crippen LogP contribution in [0.3, 0.4) is 0 Å². The fraction of sp³-hybridized carbons (Fsp3) is 0.125. The molecule has 0 saturated carbocycles. The fourth-order valence-corrected chi connectivity index (χ4v) is 1.53. The molecular weight excluding hydrogens is 186 g/mol. The van der Waals surface area contributed by atoms with Gasteiger partial charge in [0.15, 0.2) is 0 Å². The molecule has 4 nitrogen and oxygen atoms in total. The van der Waals surface area contributed by atoms with Gasteiger partial charge in [-0.05, 0) is 11.6 Å². The van der Waals surface area contributed by atoms with Gasteiger partial charge in [-0.1, -0.05) is 11.3 Å². The molecule has 66 valence electrons. The van der Waals surface area contributed by atoms with Crippen molar-refractivity contribution in [1.29, 1.82) is 0 Å². The standard InChI is InChI=1S/C8H7N3OS/c12-4-6-1-7(3-9-2-6)8-11-10-5-13-8/h1-3,5,12H,4H2. The highest BCUT2D eigenvalue weighted by Crippen LogP contribution is 2.20. The van der Waals surface area contributed by atoms with Gasteiger partial charge in [0, 0.05) is 18.0 Å². The quantitative estimate of drug-likeness (QED) is 0.775. The van der Waals surface area contributed by atoms with E-state index in [-0.39, 0.29) is 6.61 Å². The molecule has 5 heteroatoms. The molecule has 2 aromatic heterocycles. The Hall–Kier alpha value is -1.33. The Balaban J connectivity index is 2.41. The zero-order valence-corrected chi connectivity index (χ0v) is 7.53. The minimum absolute atomic E-state index is 0.000353. The summed E-state index contributed by atoms with van der Waals surface area (Å²) >= 11 is 1.45. The highest BCUT2D eigenvalue weighted by Gasteiger charge is 2.02. The summed E-state index contributed by atoms with van der Waals surface area (Å²) in [6, 6.07) is 1.85. The van der Waals surface area contributed by atoms with Gasteiger partial charge in [-0.2, -0.15) is 0 Å². The summed E-state index contributed by atoms with van der Waals surface area (Å²) < 4.78 is 0. The molecule has 0 spiro atoms. The predicted octanol–water partition coefficient (Wildman–Crippen LogP) is 1.09. The van der Waals surface area contributed by atoms with E-state index in [9.17, 15) is 0 Å². The third-order valence-electron chi connectivity index (χ3n) is 1.58. The van der Waals surface area contributed by atoms with Crippen molar-refractivity contribution < 1.29 is 5.11 Å². The molecule has 0 atom stereocenters. The number of pyridine rings is 1. The number of aliphatic hydroxyl groups is 1. The molecule has 2 heterocycles. The third kappa shape index (κ3) is 1.71. The van der Waals surface area contributed by atoms with Gasteiger partial charge in [0.2, 0.25) is 0 Å². The van der Waals surface area contributed by atoms with Crippen LogP contribution in [-0.2, 0) is 6.61 Å². The van der Waals surface area contributed by atoms with Crippen molar-refractivity contribution in [2.75, 3.05) is 0 Å². The fourth-order valence-electron chi connectivity index (χ4n) is 0.990. The number of nitrogens with zero attached hydrogens (tertiary/aromatic N) is 3.